The van der Waals surface area contributed by atoms with Gasteiger partial charge in [0.15, 0.2) is 4.67 Å². The highest BCUT2D eigenvalue weighted by atomic mass is 79.9. The van der Waals surface area contributed by atoms with Crippen molar-refractivity contribution in [1.29, 1.82) is 0 Å². The minimum absolute atomic E-state index is 0.113. The van der Waals surface area contributed by atoms with Crippen LogP contribution in [-0.4, -0.2) is 6.54 Å². The summed E-state index contributed by atoms with van der Waals surface area (Å²) in [5.74, 6) is 0. The lowest BCUT2D eigenvalue weighted by atomic mass is 10.0. The first-order valence-electron chi connectivity index (χ1n) is 4.81. The van der Waals surface area contributed by atoms with Gasteiger partial charge < -0.3 is 14.2 Å². The van der Waals surface area contributed by atoms with Crippen LogP contribution in [0.15, 0.2) is 44.4 Å². The molecule has 0 aliphatic carbocycles. The van der Waals surface area contributed by atoms with Gasteiger partial charge >= 0.3 is 0 Å². The summed E-state index contributed by atoms with van der Waals surface area (Å²) in [6.45, 7) is 2.95. The lowest BCUT2D eigenvalue weighted by molar-refractivity contribution is 0.523. The van der Waals surface area contributed by atoms with E-state index in [4.69, 9.17) is 8.83 Å². The summed E-state index contributed by atoms with van der Waals surface area (Å²) in [6, 6.07) is 4.01. The Morgan fingerprint density at radius 1 is 1.40 bits per heavy atom. The number of furan rings is 2. The number of rotatable bonds is 4. The van der Waals surface area contributed by atoms with Crippen molar-refractivity contribution in [2.24, 2.45) is 0 Å². The molecule has 15 heavy (non-hydrogen) atoms. The molecule has 0 spiro atoms. The first-order valence-corrected chi connectivity index (χ1v) is 5.60. The van der Waals surface area contributed by atoms with Crippen LogP contribution in [-0.2, 0) is 0 Å². The van der Waals surface area contributed by atoms with E-state index in [0.717, 1.165) is 22.3 Å². The van der Waals surface area contributed by atoms with Crippen LogP contribution in [0, 0.1) is 0 Å². The smallest absolute Gasteiger partial charge is 0.174 e. The van der Waals surface area contributed by atoms with Crippen molar-refractivity contribution in [1.82, 2.24) is 5.32 Å². The zero-order valence-electron chi connectivity index (χ0n) is 8.37. The largest absolute Gasteiger partial charge is 0.472 e. The molecule has 2 aromatic heterocycles. The Morgan fingerprint density at radius 2 is 2.27 bits per heavy atom. The Labute approximate surface area is 96.6 Å². The third-order valence-corrected chi connectivity index (χ3v) is 2.89. The van der Waals surface area contributed by atoms with Crippen molar-refractivity contribution >= 4 is 15.9 Å². The van der Waals surface area contributed by atoms with Crippen LogP contribution >= 0.6 is 15.9 Å². The molecule has 2 rings (SSSR count). The number of halogens is 1. The van der Waals surface area contributed by atoms with E-state index in [1.54, 1.807) is 18.8 Å². The van der Waals surface area contributed by atoms with Crippen LogP contribution in [0.2, 0.25) is 0 Å². The molecule has 3 nitrogen and oxygen atoms in total. The predicted molar refractivity (Wildman–Crippen MR) is 60.6 cm³/mol. The average molecular weight is 270 g/mol. The first-order chi connectivity index (χ1) is 7.33. The lowest BCUT2D eigenvalue weighted by Gasteiger charge is -2.14. The van der Waals surface area contributed by atoms with Crippen LogP contribution < -0.4 is 5.32 Å². The van der Waals surface area contributed by atoms with Gasteiger partial charge in [0.05, 0.1) is 24.8 Å². The second-order valence-electron chi connectivity index (χ2n) is 3.20. The molecular weight excluding hydrogens is 258 g/mol. The molecule has 1 N–H and O–H groups in total. The van der Waals surface area contributed by atoms with E-state index in [1.165, 1.54) is 0 Å². The molecule has 0 bridgehead atoms. The predicted octanol–water partition coefficient (Wildman–Crippen LogP) is 3.33. The van der Waals surface area contributed by atoms with E-state index in [1.807, 2.05) is 12.1 Å². The van der Waals surface area contributed by atoms with Gasteiger partial charge in [-0.05, 0) is 34.6 Å². The van der Waals surface area contributed by atoms with E-state index in [2.05, 4.69) is 28.2 Å². The summed E-state index contributed by atoms with van der Waals surface area (Å²) in [6.07, 6.45) is 5.09. The summed E-state index contributed by atoms with van der Waals surface area (Å²) < 4.78 is 11.1. The van der Waals surface area contributed by atoms with Gasteiger partial charge in [0.1, 0.15) is 0 Å². The normalized spacial score (nSPS) is 12.9. The van der Waals surface area contributed by atoms with E-state index in [0.29, 0.717) is 0 Å². The molecule has 0 aliphatic rings. The monoisotopic (exact) mass is 269 g/mol. The van der Waals surface area contributed by atoms with Gasteiger partial charge in [-0.3, -0.25) is 0 Å². The third-order valence-electron chi connectivity index (χ3n) is 2.24. The highest BCUT2D eigenvalue weighted by Gasteiger charge is 2.18. The van der Waals surface area contributed by atoms with Crippen molar-refractivity contribution < 1.29 is 8.83 Å². The lowest BCUT2D eigenvalue weighted by Crippen LogP contribution is -2.21. The highest BCUT2D eigenvalue weighted by Crippen LogP contribution is 2.29. The maximum absolute atomic E-state index is 5.24. The second kappa shape index (κ2) is 4.68. The maximum Gasteiger partial charge on any atom is 0.174 e. The fourth-order valence-electron chi connectivity index (χ4n) is 1.56. The van der Waals surface area contributed by atoms with Gasteiger partial charge in [-0.25, -0.2) is 0 Å². The molecule has 1 atom stereocenters. The van der Waals surface area contributed by atoms with Gasteiger partial charge in [0, 0.05) is 11.1 Å². The molecule has 1 unspecified atom stereocenters. The van der Waals surface area contributed by atoms with Crippen molar-refractivity contribution in [2.75, 3.05) is 6.54 Å². The Bertz CT molecular complexity index is 408. The van der Waals surface area contributed by atoms with E-state index >= 15 is 0 Å². The van der Waals surface area contributed by atoms with Crippen LogP contribution in [0.4, 0.5) is 0 Å². The topological polar surface area (TPSA) is 38.3 Å². The molecule has 2 aromatic rings. The Kier molecular flexibility index (Phi) is 3.28. The maximum atomic E-state index is 5.24. The molecule has 0 aromatic carbocycles. The molecule has 2 heterocycles. The Morgan fingerprint density at radius 3 is 2.80 bits per heavy atom. The number of hydrogen-bond donors (Lipinski definition) is 1. The SMILES string of the molecule is CCNC(c1ccoc1)c1ccoc1Br. The number of hydrogen-bond acceptors (Lipinski definition) is 3. The van der Waals surface area contributed by atoms with Gasteiger partial charge in [-0.15, -0.1) is 0 Å². The second-order valence-corrected chi connectivity index (χ2v) is 3.92. The van der Waals surface area contributed by atoms with Gasteiger partial charge in [0.2, 0.25) is 0 Å². The van der Waals surface area contributed by atoms with Crippen LogP contribution in [0.1, 0.15) is 24.1 Å². The summed E-state index contributed by atoms with van der Waals surface area (Å²) in [5, 5.41) is 3.38. The molecule has 0 amide bonds. The summed E-state index contributed by atoms with van der Waals surface area (Å²) in [5.41, 5.74) is 2.18. The molecule has 0 saturated carbocycles. The molecule has 0 fully saturated rings. The fraction of sp³-hybridized carbons (Fsp3) is 0.273. The molecule has 4 heteroatoms. The van der Waals surface area contributed by atoms with Crippen LogP contribution in [0.25, 0.3) is 0 Å². The Balaban J connectivity index is 2.32. The standard InChI is InChI=1S/C11H12BrNO2/c1-2-13-10(8-3-5-14-7-8)9-4-6-15-11(9)12/h3-7,10,13H,2H2,1H3. The molecule has 80 valence electrons. The zero-order chi connectivity index (χ0) is 10.7. The van der Waals surface area contributed by atoms with Crippen LogP contribution in [0.3, 0.4) is 0 Å². The van der Waals surface area contributed by atoms with Gasteiger partial charge in [0.25, 0.3) is 0 Å². The first kappa shape index (κ1) is 10.5. The van der Waals surface area contributed by atoms with Crippen molar-refractivity contribution in [3.8, 4) is 0 Å². The fourth-order valence-corrected chi connectivity index (χ4v) is 2.03. The quantitative estimate of drug-likeness (QED) is 0.926. The zero-order valence-corrected chi connectivity index (χ0v) is 9.95. The van der Waals surface area contributed by atoms with Gasteiger partial charge in [-0.1, -0.05) is 6.92 Å². The summed E-state index contributed by atoms with van der Waals surface area (Å²) in [4.78, 5) is 0. The van der Waals surface area contributed by atoms with Crippen molar-refractivity contribution in [3.63, 3.8) is 0 Å². The van der Waals surface area contributed by atoms with Crippen molar-refractivity contribution in [3.05, 3.63) is 46.7 Å². The number of nitrogens with one attached hydrogen (secondary N) is 1. The van der Waals surface area contributed by atoms with Crippen LogP contribution in [0.5, 0.6) is 0 Å². The molecule has 0 saturated heterocycles. The van der Waals surface area contributed by atoms with Crippen molar-refractivity contribution in [2.45, 2.75) is 13.0 Å². The summed E-state index contributed by atoms with van der Waals surface area (Å²) in [7, 11) is 0. The van der Waals surface area contributed by atoms with E-state index < -0.39 is 0 Å². The molecule has 0 radical (unpaired) electrons. The van der Waals surface area contributed by atoms with E-state index in [-0.39, 0.29) is 6.04 Å². The third kappa shape index (κ3) is 2.16. The minimum Gasteiger partial charge on any atom is -0.472 e. The molecular formula is C11H12BrNO2. The van der Waals surface area contributed by atoms with Gasteiger partial charge in [-0.2, -0.15) is 0 Å². The summed E-state index contributed by atoms with van der Waals surface area (Å²) >= 11 is 3.39. The molecule has 0 aliphatic heterocycles. The highest BCUT2D eigenvalue weighted by molar-refractivity contribution is 9.10. The minimum atomic E-state index is 0.113. The van der Waals surface area contributed by atoms with E-state index in [9.17, 15) is 0 Å². The Hall–Kier alpha value is -1.00. The average Bonchev–Trinajstić information content (AvgIpc) is 2.85.